The van der Waals surface area contributed by atoms with Crippen LogP contribution in [-0.4, -0.2) is 18.1 Å². The molecule has 1 aromatic carbocycles. The van der Waals surface area contributed by atoms with Crippen LogP contribution in [-0.2, 0) is 9.53 Å². The van der Waals surface area contributed by atoms with Crippen molar-refractivity contribution in [2.45, 2.75) is 32.9 Å². The first kappa shape index (κ1) is 14.6. The molecule has 0 saturated carbocycles. The monoisotopic (exact) mass is 269 g/mol. The van der Waals surface area contributed by atoms with E-state index in [1.54, 1.807) is 38.1 Å². The lowest BCUT2D eigenvalue weighted by molar-refractivity contribution is -0.170. The Bertz CT molecular complexity index is 419. The number of carbonyl (C=O) groups excluding carboxylic acids is 1. The van der Waals surface area contributed by atoms with Crippen LogP contribution in [0.15, 0.2) is 35.1 Å². The summed E-state index contributed by atoms with van der Waals surface area (Å²) in [6.07, 6.45) is -0.219. The van der Waals surface area contributed by atoms with Crippen molar-refractivity contribution < 1.29 is 18.9 Å². The molecule has 0 radical (unpaired) electrons. The van der Waals surface area contributed by atoms with Gasteiger partial charge in [-0.05, 0) is 32.9 Å². The van der Waals surface area contributed by atoms with E-state index in [0.717, 1.165) is 0 Å². The third-order valence-electron chi connectivity index (χ3n) is 1.89. The van der Waals surface area contributed by atoms with Gasteiger partial charge in [0.05, 0.1) is 6.10 Å². The van der Waals surface area contributed by atoms with Crippen LogP contribution >= 0.6 is 8.17 Å². The topological polar surface area (TPSA) is 71.0 Å². The van der Waals surface area contributed by atoms with Gasteiger partial charge in [-0.3, -0.25) is 4.52 Å². The van der Waals surface area contributed by atoms with Crippen molar-refractivity contribution in [3.8, 4) is 5.75 Å². The van der Waals surface area contributed by atoms with Crippen LogP contribution in [0.5, 0.6) is 5.75 Å². The molecule has 1 aromatic rings. The van der Waals surface area contributed by atoms with Gasteiger partial charge in [0.15, 0.2) is 11.8 Å². The Balaban J connectivity index is 2.57. The third kappa shape index (κ3) is 5.25. The summed E-state index contributed by atoms with van der Waals surface area (Å²) in [6.45, 7) is 5.00. The van der Waals surface area contributed by atoms with E-state index in [2.05, 4.69) is 4.74 Å². The second-order valence-electron chi connectivity index (χ2n) is 3.92. The fourth-order valence-electron chi connectivity index (χ4n) is 1.11. The highest BCUT2D eigenvalue weighted by Gasteiger charge is 2.19. The number of hydrogen-bond acceptors (Lipinski definition) is 5. The largest absolute Gasteiger partial charge is 0.575 e. The van der Waals surface area contributed by atoms with Crippen LogP contribution < -0.4 is 9.42 Å². The molecule has 0 bridgehead atoms. The van der Waals surface area contributed by atoms with Gasteiger partial charge >= 0.3 is 14.1 Å². The van der Waals surface area contributed by atoms with Crippen LogP contribution in [0.2, 0.25) is 0 Å². The molecule has 6 heteroatoms. The van der Waals surface area contributed by atoms with E-state index in [1.165, 1.54) is 6.92 Å². The molecular formula is C12H16NO4P. The van der Waals surface area contributed by atoms with Gasteiger partial charge in [-0.25, -0.2) is 4.79 Å². The minimum Gasteiger partial charge on any atom is -0.575 e. The molecule has 98 valence electrons. The average molecular weight is 269 g/mol. The third-order valence-corrected chi connectivity index (χ3v) is 2.79. The molecular weight excluding hydrogens is 253 g/mol. The normalized spacial score (nSPS) is 13.3. The number of hydrogen-bond donors (Lipinski definition) is 0. The first-order chi connectivity index (χ1) is 8.49. The zero-order valence-electron chi connectivity index (χ0n) is 10.6. The van der Waals surface area contributed by atoms with Crippen molar-refractivity contribution in [3.05, 3.63) is 30.3 Å². The number of benzene rings is 1. The van der Waals surface area contributed by atoms with Gasteiger partial charge in [0, 0.05) is 0 Å². The summed E-state index contributed by atoms with van der Waals surface area (Å²) in [5.74, 6) is -0.0585. The second-order valence-corrected chi connectivity index (χ2v) is 4.81. The van der Waals surface area contributed by atoms with Gasteiger partial charge in [0.1, 0.15) is 0 Å². The van der Waals surface area contributed by atoms with Crippen LogP contribution in [0.4, 0.5) is 0 Å². The molecule has 0 fully saturated rings. The highest BCUT2D eigenvalue weighted by molar-refractivity contribution is 7.34. The molecule has 0 aliphatic heterocycles. The number of carbonyl (C=O) groups is 1. The maximum atomic E-state index is 11.6. The van der Waals surface area contributed by atoms with Crippen molar-refractivity contribution in [2.75, 3.05) is 0 Å². The maximum absolute atomic E-state index is 11.6. The number of ether oxygens (including phenoxy) is 1. The van der Waals surface area contributed by atoms with E-state index in [1.807, 2.05) is 6.07 Å². The molecule has 0 aliphatic rings. The van der Waals surface area contributed by atoms with Crippen molar-refractivity contribution in [3.63, 3.8) is 0 Å². The first-order valence-corrected chi connectivity index (χ1v) is 6.73. The standard InChI is InChI=1S/C12H16NO4P/c1-9(2)16-12(14)10(3)13-18(15)17-11-7-5-4-6-8-11/h4-10H,1-3H3. The van der Waals surface area contributed by atoms with Gasteiger partial charge in [0.2, 0.25) is 0 Å². The molecule has 1 rings (SSSR count). The molecule has 5 nitrogen and oxygen atoms in total. The molecule has 18 heavy (non-hydrogen) atoms. The zero-order valence-corrected chi connectivity index (χ0v) is 11.5. The lowest BCUT2D eigenvalue weighted by Gasteiger charge is -2.08. The van der Waals surface area contributed by atoms with Crippen molar-refractivity contribution in [2.24, 2.45) is 4.74 Å². The van der Waals surface area contributed by atoms with Gasteiger partial charge in [-0.15, -0.1) is 0 Å². The highest BCUT2D eigenvalue weighted by Crippen LogP contribution is 2.23. The zero-order chi connectivity index (χ0) is 13.5. The molecule has 0 heterocycles. The average Bonchev–Trinajstić information content (AvgIpc) is 2.29. The van der Waals surface area contributed by atoms with Gasteiger partial charge < -0.3 is 9.63 Å². The predicted octanol–water partition coefficient (Wildman–Crippen LogP) is 2.26. The fraction of sp³-hybridized carbons (Fsp3) is 0.417. The lowest BCUT2D eigenvalue weighted by atomic mass is 10.3. The molecule has 0 spiro atoms. The summed E-state index contributed by atoms with van der Waals surface area (Å²) in [7, 11) is -2.28. The van der Waals surface area contributed by atoms with Gasteiger partial charge in [0.25, 0.3) is 0 Å². The van der Waals surface area contributed by atoms with E-state index in [-0.39, 0.29) is 6.10 Å². The molecule has 2 atom stereocenters. The van der Waals surface area contributed by atoms with E-state index >= 15 is 0 Å². The van der Waals surface area contributed by atoms with E-state index in [9.17, 15) is 9.69 Å². The Morgan fingerprint density at radius 3 is 2.44 bits per heavy atom. The first-order valence-electron chi connectivity index (χ1n) is 5.60. The van der Waals surface area contributed by atoms with Gasteiger partial charge in [-0.1, -0.05) is 22.9 Å². The number of nitrogens with zero attached hydrogens (tertiary/aromatic N) is 1. The summed E-state index contributed by atoms with van der Waals surface area (Å²) in [6, 6.07) is 7.86. The maximum Gasteiger partial charge on any atom is 0.395 e. The summed E-state index contributed by atoms with van der Waals surface area (Å²) in [5, 5.41) is 0. The Labute approximate surface area is 107 Å². The minimum atomic E-state index is -2.28. The smallest absolute Gasteiger partial charge is 0.395 e. The Kier molecular flexibility index (Phi) is 5.75. The van der Waals surface area contributed by atoms with E-state index in [4.69, 9.17) is 9.26 Å². The molecule has 0 aliphatic carbocycles. The molecule has 0 saturated heterocycles. The molecule has 0 amide bonds. The predicted molar refractivity (Wildman–Crippen MR) is 67.1 cm³/mol. The SMILES string of the molecule is CC(C)OC(=O)C(C)N=[P+]([O-])Oc1ccccc1. The Morgan fingerprint density at radius 2 is 1.89 bits per heavy atom. The molecule has 0 aromatic heterocycles. The molecule has 0 N–H and O–H groups in total. The summed E-state index contributed by atoms with van der Waals surface area (Å²) >= 11 is 0. The number of esters is 1. The minimum absolute atomic E-state index is 0.219. The summed E-state index contributed by atoms with van der Waals surface area (Å²) < 4.78 is 13.8. The van der Waals surface area contributed by atoms with E-state index < -0.39 is 20.2 Å². The van der Waals surface area contributed by atoms with Crippen molar-refractivity contribution in [1.82, 2.24) is 0 Å². The Morgan fingerprint density at radius 1 is 1.28 bits per heavy atom. The van der Waals surface area contributed by atoms with Crippen LogP contribution in [0.25, 0.3) is 0 Å². The van der Waals surface area contributed by atoms with Crippen LogP contribution in [0.3, 0.4) is 0 Å². The molecule has 2 unspecified atom stereocenters. The second kappa shape index (κ2) is 7.09. The van der Waals surface area contributed by atoms with Crippen molar-refractivity contribution in [1.29, 1.82) is 0 Å². The lowest BCUT2D eigenvalue weighted by Crippen LogP contribution is -2.21. The Hall–Kier alpha value is -1.45. The highest BCUT2D eigenvalue weighted by atomic mass is 31.1. The van der Waals surface area contributed by atoms with Crippen LogP contribution in [0, 0.1) is 0 Å². The summed E-state index contributed by atoms with van der Waals surface area (Å²) in [4.78, 5) is 23.0. The quantitative estimate of drug-likeness (QED) is 0.607. The number of rotatable bonds is 5. The summed E-state index contributed by atoms with van der Waals surface area (Å²) in [5.41, 5.74) is 0. The van der Waals surface area contributed by atoms with Crippen molar-refractivity contribution >= 4 is 14.1 Å². The fourth-order valence-corrected chi connectivity index (χ4v) is 1.84. The van der Waals surface area contributed by atoms with E-state index in [0.29, 0.717) is 5.75 Å². The van der Waals surface area contributed by atoms with Gasteiger partial charge in [-0.2, -0.15) is 0 Å². The van der Waals surface area contributed by atoms with Crippen LogP contribution in [0.1, 0.15) is 20.8 Å². The number of para-hydroxylation sites is 1.